The van der Waals surface area contributed by atoms with Crippen LogP contribution in [0.4, 0.5) is 10.1 Å². The molecule has 1 aromatic carbocycles. The van der Waals surface area contributed by atoms with E-state index in [0.717, 1.165) is 31.6 Å². The van der Waals surface area contributed by atoms with Gasteiger partial charge in [0.2, 0.25) is 0 Å². The number of benzene rings is 1. The second-order valence-electron chi connectivity index (χ2n) is 4.18. The van der Waals surface area contributed by atoms with Gasteiger partial charge in [-0.25, -0.2) is 4.39 Å². The van der Waals surface area contributed by atoms with Gasteiger partial charge < -0.3 is 10.6 Å². The van der Waals surface area contributed by atoms with E-state index in [9.17, 15) is 4.39 Å². The van der Waals surface area contributed by atoms with Gasteiger partial charge in [0.1, 0.15) is 5.82 Å². The molecule has 2 N–H and O–H groups in total. The minimum atomic E-state index is -0.176. The first-order valence-electron chi connectivity index (χ1n) is 5.52. The summed E-state index contributed by atoms with van der Waals surface area (Å²) in [4.78, 5) is 2.18. The lowest BCUT2D eigenvalue weighted by atomic mass is 10.1. The van der Waals surface area contributed by atoms with Crippen LogP contribution in [-0.2, 0) is 0 Å². The summed E-state index contributed by atoms with van der Waals surface area (Å²) in [5, 5.41) is 0. The predicted molar refractivity (Wildman–Crippen MR) is 60.4 cm³/mol. The van der Waals surface area contributed by atoms with Gasteiger partial charge >= 0.3 is 0 Å². The SMILES string of the molecule is NC1CCCCN(c2cccc(F)c2)C1. The maximum Gasteiger partial charge on any atom is 0.125 e. The monoisotopic (exact) mass is 208 g/mol. The molecule has 1 atom stereocenters. The quantitative estimate of drug-likeness (QED) is 0.766. The number of rotatable bonds is 1. The van der Waals surface area contributed by atoms with E-state index in [2.05, 4.69) is 4.90 Å². The van der Waals surface area contributed by atoms with Gasteiger partial charge in [0.25, 0.3) is 0 Å². The van der Waals surface area contributed by atoms with Crippen molar-refractivity contribution in [3.63, 3.8) is 0 Å². The molecule has 2 nitrogen and oxygen atoms in total. The van der Waals surface area contributed by atoms with Crippen molar-refractivity contribution in [2.45, 2.75) is 25.3 Å². The third-order valence-corrected chi connectivity index (χ3v) is 2.88. The third-order valence-electron chi connectivity index (χ3n) is 2.88. The van der Waals surface area contributed by atoms with Crippen molar-refractivity contribution in [3.05, 3.63) is 30.1 Å². The Kier molecular flexibility index (Phi) is 3.21. The molecule has 82 valence electrons. The summed E-state index contributed by atoms with van der Waals surface area (Å²) in [6.07, 6.45) is 3.39. The summed E-state index contributed by atoms with van der Waals surface area (Å²) in [7, 11) is 0. The zero-order valence-corrected chi connectivity index (χ0v) is 8.82. The zero-order chi connectivity index (χ0) is 10.7. The standard InChI is InChI=1S/C12H17FN2/c13-10-4-3-6-12(8-10)15-7-2-1-5-11(14)9-15/h3-4,6,8,11H,1-2,5,7,9,14H2. The highest BCUT2D eigenvalue weighted by Crippen LogP contribution is 2.19. The lowest BCUT2D eigenvalue weighted by molar-refractivity contribution is 0.616. The second kappa shape index (κ2) is 4.62. The Morgan fingerprint density at radius 3 is 3.00 bits per heavy atom. The van der Waals surface area contributed by atoms with E-state index in [1.807, 2.05) is 6.07 Å². The number of hydrogen-bond donors (Lipinski definition) is 1. The molecule has 1 saturated heterocycles. The molecule has 2 rings (SSSR count). The van der Waals surface area contributed by atoms with E-state index < -0.39 is 0 Å². The second-order valence-corrected chi connectivity index (χ2v) is 4.18. The fourth-order valence-electron chi connectivity index (χ4n) is 2.08. The molecular formula is C12H17FN2. The van der Waals surface area contributed by atoms with Crippen LogP contribution in [-0.4, -0.2) is 19.1 Å². The van der Waals surface area contributed by atoms with Crippen molar-refractivity contribution in [2.24, 2.45) is 5.73 Å². The van der Waals surface area contributed by atoms with E-state index >= 15 is 0 Å². The lowest BCUT2D eigenvalue weighted by Crippen LogP contribution is -2.35. The van der Waals surface area contributed by atoms with Gasteiger partial charge in [0.15, 0.2) is 0 Å². The van der Waals surface area contributed by atoms with Gasteiger partial charge in [-0.05, 0) is 31.0 Å². The van der Waals surface area contributed by atoms with Gasteiger partial charge in [0, 0.05) is 24.8 Å². The number of halogens is 1. The summed E-state index contributed by atoms with van der Waals surface area (Å²) >= 11 is 0. The van der Waals surface area contributed by atoms with Crippen LogP contribution in [0.5, 0.6) is 0 Å². The Balaban J connectivity index is 2.14. The normalized spacial score (nSPS) is 22.5. The molecule has 0 spiro atoms. The average molecular weight is 208 g/mol. The lowest BCUT2D eigenvalue weighted by Gasteiger charge is -2.24. The van der Waals surface area contributed by atoms with Crippen molar-refractivity contribution < 1.29 is 4.39 Å². The highest BCUT2D eigenvalue weighted by molar-refractivity contribution is 5.46. The number of anilines is 1. The van der Waals surface area contributed by atoms with Crippen LogP contribution in [0.2, 0.25) is 0 Å². The molecule has 1 aromatic rings. The molecule has 0 bridgehead atoms. The van der Waals surface area contributed by atoms with E-state index in [-0.39, 0.29) is 11.9 Å². The Morgan fingerprint density at radius 2 is 2.20 bits per heavy atom. The summed E-state index contributed by atoms with van der Waals surface area (Å²) in [6, 6.07) is 6.97. The Bertz CT molecular complexity index is 327. The summed E-state index contributed by atoms with van der Waals surface area (Å²) in [5.74, 6) is -0.176. The minimum Gasteiger partial charge on any atom is -0.370 e. The largest absolute Gasteiger partial charge is 0.370 e. The van der Waals surface area contributed by atoms with Crippen LogP contribution in [0.15, 0.2) is 24.3 Å². The average Bonchev–Trinajstić information content (AvgIpc) is 2.43. The van der Waals surface area contributed by atoms with Crippen molar-refractivity contribution in [2.75, 3.05) is 18.0 Å². The highest BCUT2D eigenvalue weighted by atomic mass is 19.1. The molecule has 0 aromatic heterocycles. The smallest absolute Gasteiger partial charge is 0.125 e. The van der Waals surface area contributed by atoms with E-state index in [0.29, 0.717) is 0 Å². The summed E-state index contributed by atoms with van der Waals surface area (Å²) in [5.41, 5.74) is 6.92. The number of nitrogens with zero attached hydrogens (tertiary/aromatic N) is 1. The van der Waals surface area contributed by atoms with Crippen LogP contribution in [0.1, 0.15) is 19.3 Å². The van der Waals surface area contributed by atoms with E-state index in [1.165, 1.54) is 12.5 Å². The van der Waals surface area contributed by atoms with Crippen molar-refractivity contribution in [1.29, 1.82) is 0 Å². The Morgan fingerprint density at radius 1 is 1.33 bits per heavy atom. The molecule has 15 heavy (non-hydrogen) atoms. The first kappa shape index (κ1) is 10.4. The Labute approximate surface area is 89.9 Å². The topological polar surface area (TPSA) is 29.3 Å². The zero-order valence-electron chi connectivity index (χ0n) is 8.82. The van der Waals surface area contributed by atoms with Crippen LogP contribution in [0, 0.1) is 5.82 Å². The van der Waals surface area contributed by atoms with Crippen LogP contribution < -0.4 is 10.6 Å². The molecule has 1 heterocycles. The molecule has 3 heteroatoms. The first-order valence-corrected chi connectivity index (χ1v) is 5.52. The van der Waals surface area contributed by atoms with E-state index in [4.69, 9.17) is 5.73 Å². The van der Waals surface area contributed by atoms with E-state index in [1.54, 1.807) is 12.1 Å². The van der Waals surface area contributed by atoms with Gasteiger partial charge in [-0.1, -0.05) is 12.5 Å². The molecular weight excluding hydrogens is 191 g/mol. The predicted octanol–water partition coefficient (Wildman–Crippen LogP) is 2.14. The molecule has 1 aliphatic heterocycles. The van der Waals surface area contributed by atoms with Crippen molar-refractivity contribution >= 4 is 5.69 Å². The van der Waals surface area contributed by atoms with Gasteiger partial charge in [-0.3, -0.25) is 0 Å². The molecule has 0 saturated carbocycles. The van der Waals surface area contributed by atoms with Crippen LogP contribution >= 0.6 is 0 Å². The maximum absolute atomic E-state index is 13.1. The van der Waals surface area contributed by atoms with Gasteiger partial charge in [-0.15, -0.1) is 0 Å². The number of nitrogens with two attached hydrogens (primary N) is 1. The molecule has 1 unspecified atom stereocenters. The first-order chi connectivity index (χ1) is 7.25. The third kappa shape index (κ3) is 2.69. The molecule has 1 aliphatic rings. The van der Waals surface area contributed by atoms with Gasteiger partial charge in [-0.2, -0.15) is 0 Å². The maximum atomic E-state index is 13.1. The summed E-state index contributed by atoms with van der Waals surface area (Å²) in [6.45, 7) is 1.82. The fraction of sp³-hybridized carbons (Fsp3) is 0.500. The fourth-order valence-corrected chi connectivity index (χ4v) is 2.08. The van der Waals surface area contributed by atoms with Crippen LogP contribution in [0.25, 0.3) is 0 Å². The molecule has 1 fully saturated rings. The Hall–Kier alpha value is -1.09. The van der Waals surface area contributed by atoms with Crippen LogP contribution in [0.3, 0.4) is 0 Å². The highest BCUT2D eigenvalue weighted by Gasteiger charge is 2.15. The van der Waals surface area contributed by atoms with Crippen molar-refractivity contribution in [1.82, 2.24) is 0 Å². The molecule has 0 radical (unpaired) electrons. The van der Waals surface area contributed by atoms with Gasteiger partial charge in [0.05, 0.1) is 0 Å². The minimum absolute atomic E-state index is 0.176. The molecule has 0 aliphatic carbocycles. The molecule has 0 amide bonds. The van der Waals surface area contributed by atoms with Crippen molar-refractivity contribution in [3.8, 4) is 0 Å². The number of hydrogen-bond acceptors (Lipinski definition) is 2. The summed E-state index contributed by atoms with van der Waals surface area (Å²) < 4.78 is 13.1.